The topological polar surface area (TPSA) is 84.5 Å². The first-order valence-electron chi connectivity index (χ1n) is 11.7. The van der Waals surface area contributed by atoms with E-state index < -0.39 is 5.97 Å². The summed E-state index contributed by atoms with van der Waals surface area (Å²) in [4.78, 5) is 40.9. The maximum atomic E-state index is 13.3. The lowest BCUT2D eigenvalue weighted by molar-refractivity contribution is -0.115. The molecule has 4 rings (SSSR count). The van der Waals surface area contributed by atoms with Crippen molar-refractivity contribution >= 4 is 62.9 Å². The van der Waals surface area contributed by atoms with Gasteiger partial charge in [-0.25, -0.2) is 4.79 Å². The average molecular weight is 529 g/mol. The second-order valence-corrected chi connectivity index (χ2v) is 11.6. The molecule has 2 N–H and O–H groups in total. The molecule has 0 fully saturated rings. The SMILES string of the molecule is CCC(Sc1cccc(NC(=O)c2cccs2)c1)C(=O)Nc1sc2c(c1C(=O)OC)CCCCC2. The summed E-state index contributed by atoms with van der Waals surface area (Å²) in [5, 5.41) is 8.04. The van der Waals surface area contributed by atoms with Crippen molar-refractivity contribution in [3.8, 4) is 0 Å². The predicted molar refractivity (Wildman–Crippen MR) is 144 cm³/mol. The van der Waals surface area contributed by atoms with Crippen LogP contribution in [-0.4, -0.2) is 30.1 Å². The van der Waals surface area contributed by atoms with Crippen LogP contribution < -0.4 is 10.6 Å². The van der Waals surface area contributed by atoms with Crippen LogP contribution in [-0.2, 0) is 22.4 Å². The second-order valence-electron chi connectivity index (χ2n) is 8.22. The molecule has 1 atom stereocenters. The summed E-state index contributed by atoms with van der Waals surface area (Å²) in [6.45, 7) is 1.96. The molecular formula is C26H28N2O4S3. The van der Waals surface area contributed by atoms with Crippen LogP contribution in [0.5, 0.6) is 0 Å². The van der Waals surface area contributed by atoms with E-state index in [0.717, 1.165) is 42.6 Å². The number of benzene rings is 1. The lowest BCUT2D eigenvalue weighted by Crippen LogP contribution is -2.25. The molecule has 1 aliphatic carbocycles. The molecule has 2 aromatic heterocycles. The number of nitrogens with one attached hydrogen (secondary N) is 2. The fraction of sp³-hybridized carbons (Fsp3) is 0.346. The van der Waals surface area contributed by atoms with Gasteiger partial charge in [0.25, 0.3) is 5.91 Å². The Hall–Kier alpha value is -2.62. The van der Waals surface area contributed by atoms with E-state index in [0.29, 0.717) is 27.5 Å². The van der Waals surface area contributed by atoms with Gasteiger partial charge in [-0.3, -0.25) is 9.59 Å². The van der Waals surface area contributed by atoms with Crippen molar-refractivity contribution in [2.75, 3.05) is 17.7 Å². The number of ether oxygens (including phenoxy) is 1. The Morgan fingerprint density at radius 1 is 1.09 bits per heavy atom. The standard InChI is InChI=1S/C26H28N2O4S3/c1-3-19(34-17-10-7-9-16(15-17)27-24(30)21-13-8-14-33-21)23(29)28-25-22(26(31)32-2)18-11-5-4-6-12-20(18)35-25/h7-10,13-15,19H,3-6,11-12H2,1-2H3,(H,27,30)(H,28,29). The molecule has 184 valence electrons. The highest BCUT2D eigenvalue weighted by Crippen LogP contribution is 2.39. The van der Waals surface area contributed by atoms with Crippen molar-refractivity contribution in [1.82, 2.24) is 0 Å². The highest BCUT2D eigenvalue weighted by Gasteiger charge is 2.28. The molecular weight excluding hydrogens is 500 g/mol. The number of thiophene rings is 2. The number of hydrogen-bond donors (Lipinski definition) is 2. The van der Waals surface area contributed by atoms with E-state index in [1.54, 1.807) is 6.07 Å². The van der Waals surface area contributed by atoms with Crippen LogP contribution in [0.25, 0.3) is 0 Å². The third-order valence-corrected chi connectivity index (χ3v) is 9.26. The van der Waals surface area contributed by atoms with E-state index in [4.69, 9.17) is 4.74 Å². The number of methoxy groups -OCH3 is 1. The number of anilines is 2. The fourth-order valence-corrected chi connectivity index (χ4v) is 6.99. The van der Waals surface area contributed by atoms with E-state index in [1.807, 2.05) is 42.6 Å². The van der Waals surface area contributed by atoms with Crippen LogP contribution in [0.2, 0.25) is 0 Å². The van der Waals surface area contributed by atoms with Gasteiger partial charge in [0, 0.05) is 15.5 Å². The number of esters is 1. The molecule has 0 saturated carbocycles. The summed E-state index contributed by atoms with van der Waals surface area (Å²) >= 11 is 4.33. The minimum Gasteiger partial charge on any atom is -0.465 e. The summed E-state index contributed by atoms with van der Waals surface area (Å²) in [6, 6.07) is 11.1. The number of hydrogen-bond acceptors (Lipinski definition) is 7. The van der Waals surface area contributed by atoms with Crippen molar-refractivity contribution in [3.05, 3.63) is 62.7 Å². The van der Waals surface area contributed by atoms with Crippen LogP contribution in [0, 0.1) is 0 Å². The maximum Gasteiger partial charge on any atom is 0.341 e. The van der Waals surface area contributed by atoms with Gasteiger partial charge in [-0.05, 0) is 67.3 Å². The van der Waals surface area contributed by atoms with Crippen molar-refractivity contribution in [1.29, 1.82) is 0 Å². The Morgan fingerprint density at radius 3 is 2.66 bits per heavy atom. The van der Waals surface area contributed by atoms with Gasteiger partial charge in [-0.1, -0.05) is 25.5 Å². The Balaban J connectivity index is 1.48. The molecule has 0 radical (unpaired) electrons. The molecule has 2 heterocycles. The molecule has 1 aromatic carbocycles. The highest BCUT2D eigenvalue weighted by atomic mass is 32.2. The summed E-state index contributed by atoms with van der Waals surface area (Å²) in [7, 11) is 1.38. The van der Waals surface area contributed by atoms with Gasteiger partial charge in [0.05, 0.1) is 22.8 Å². The monoisotopic (exact) mass is 528 g/mol. The molecule has 35 heavy (non-hydrogen) atoms. The van der Waals surface area contributed by atoms with E-state index in [2.05, 4.69) is 10.6 Å². The van der Waals surface area contributed by atoms with E-state index >= 15 is 0 Å². The third-order valence-electron chi connectivity index (χ3n) is 5.83. The number of aryl methyl sites for hydroxylation is 1. The number of thioether (sulfide) groups is 1. The minimum atomic E-state index is -0.394. The Kier molecular flexibility index (Phi) is 8.64. The van der Waals surface area contributed by atoms with Gasteiger partial charge in [0.15, 0.2) is 0 Å². The maximum absolute atomic E-state index is 13.3. The lowest BCUT2D eigenvalue weighted by Gasteiger charge is -2.15. The number of carbonyl (C=O) groups excluding carboxylic acids is 3. The van der Waals surface area contributed by atoms with Gasteiger partial charge < -0.3 is 15.4 Å². The van der Waals surface area contributed by atoms with Crippen molar-refractivity contribution in [2.24, 2.45) is 0 Å². The molecule has 0 bridgehead atoms. The second kappa shape index (κ2) is 11.9. The molecule has 3 aromatic rings. The van der Waals surface area contributed by atoms with Crippen LogP contribution in [0.15, 0.2) is 46.7 Å². The quantitative estimate of drug-likeness (QED) is 0.195. The minimum absolute atomic E-state index is 0.146. The van der Waals surface area contributed by atoms with Crippen LogP contribution >= 0.6 is 34.4 Å². The molecule has 2 amide bonds. The van der Waals surface area contributed by atoms with E-state index in [1.165, 1.54) is 46.4 Å². The van der Waals surface area contributed by atoms with E-state index in [9.17, 15) is 14.4 Å². The predicted octanol–water partition coefficient (Wildman–Crippen LogP) is 6.63. The summed E-state index contributed by atoms with van der Waals surface area (Å²) in [5.74, 6) is -0.693. The normalized spacial score (nSPS) is 13.9. The first kappa shape index (κ1) is 25.5. The first-order valence-corrected chi connectivity index (χ1v) is 14.2. The number of fused-ring (bicyclic) bond motifs is 1. The van der Waals surface area contributed by atoms with Crippen LogP contribution in [0.4, 0.5) is 10.7 Å². The Morgan fingerprint density at radius 2 is 1.91 bits per heavy atom. The molecule has 9 heteroatoms. The number of carbonyl (C=O) groups is 3. The molecule has 6 nitrogen and oxygen atoms in total. The summed E-state index contributed by atoms with van der Waals surface area (Å²) < 4.78 is 5.06. The first-order chi connectivity index (χ1) is 17.0. The summed E-state index contributed by atoms with van der Waals surface area (Å²) in [5.41, 5.74) is 2.23. The zero-order valence-electron chi connectivity index (χ0n) is 19.7. The Bertz CT molecular complexity index is 1200. The van der Waals surface area contributed by atoms with Crippen molar-refractivity contribution in [2.45, 2.75) is 55.6 Å². The number of amides is 2. The highest BCUT2D eigenvalue weighted by molar-refractivity contribution is 8.00. The largest absolute Gasteiger partial charge is 0.465 e. The third kappa shape index (κ3) is 6.15. The fourth-order valence-electron chi connectivity index (χ4n) is 4.08. The van der Waals surface area contributed by atoms with Gasteiger partial charge >= 0.3 is 5.97 Å². The molecule has 1 unspecified atom stereocenters. The molecule has 0 spiro atoms. The van der Waals surface area contributed by atoms with E-state index in [-0.39, 0.29) is 17.1 Å². The Labute approximate surface area is 217 Å². The van der Waals surface area contributed by atoms with Gasteiger partial charge in [-0.15, -0.1) is 34.4 Å². The summed E-state index contributed by atoms with van der Waals surface area (Å²) in [6.07, 6.45) is 5.64. The zero-order chi connectivity index (χ0) is 24.8. The zero-order valence-corrected chi connectivity index (χ0v) is 22.2. The number of rotatable bonds is 8. The van der Waals surface area contributed by atoms with Crippen molar-refractivity contribution < 1.29 is 19.1 Å². The van der Waals surface area contributed by atoms with Crippen molar-refractivity contribution in [3.63, 3.8) is 0 Å². The lowest BCUT2D eigenvalue weighted by atomic mass is 10.1. The smallest absolute Gasteiger partial charge is 0.341 e. The molecule has 0 aliphatic heterocycles. The van der Waals surface area contributed by atoms with Crippen LogP contribution in [0.1, 0.15) is 63.1 Å². The van der Waals surface area contributed by atoms with Gasteiger partial charge in [0.2, 0.25) is 5.91 Å². The van der Waals surface area contributed by atoms with Gasteiger partial charge in [0.1, 0.15) is 5.00 Å². The molecule has 1 aliphatic rings. The van der Waals surface area contributed by atoms with Gasteiger partial charge in [-0.2, -0.15) is 0 Å². The van der Waals surface area contributed by atoms with Crippen LogP contribution in [0.3, 0.4) is 0 Å². The molecule has 0 saturated heterocycles. The average Bonchev–Trinajstić information content (AvgIpc) is 3.45.